The molecule has 2 amide bonds. The Balaban J connectivity index is 2.58. The summed E-state index contributed by atoms with van der Waals surface area (Å²) in [6.07, 6.45) is 1.06. The average molecular weight is 320 g/mol. The molecule has 0 heterocycles. The molecule has 23 heavy (non-hydrogen) atoms. The monoisotopic (exact) mass is 320 g/mol. The Kier molecular flexibility index (Phi) is 8.16. The van der Waals surface area contributed by atoms with Gasteiger partial charge in [-0.3, -0.25) is 4.79 Å². The second-order valence-corrected chi connectivity index (χ2v) is 5.89. The second kappa shape index (κ2) is 9.87. The Morgan fingerprint density at radius 3 is 2.26 bits per heavy atom. The zero-order chi connectivity index (χ0) is 17.2. The van der Waals surface area contributed by atoms with Gasteiger partial charge < -0.3 is 15.4 Å². The second-order valence-electron chi connectivity index (χ2n) is 5.89. The summed E-state index contributed by atoms with van der Waals surface area (Å²) in [6, 6.07) is 8.94. The zero-order valence-electron chi connectivity index (χ0n) is 14.5. The van der Waals surface area contributed by atoms with Crippen LogP contribution in [0, 0.1) is 5.92 Å². The largest absolute Gasteiger partial charge is 0.445 e. The molecule has 0 aliphatic rings. The lowest BCUT2D eigenvalue weighted by Gasteiger charge is -2.24. The fourth-order valence-corrected chi connectivity index (χ4v) is 2.03. The molecule has 0 unspecified atom stereocenters. The van der Waals surface area contributed by atoms with Crippen LogP contribution in [0.15, 0.2) is 30.3 Å². The van der Waals surface area contributed by atoms with Crippen LogP contribution in [0.3, 0.4) is 0 Å². The van der Waals surface area contributed by atoms with Crippen molar-refractivity contribution < 1.29 is 14.3 Å². The number of ether oxygens (including phenoxy) is 1. The molecule has 5 nitrogen and oxygen atoms in total. The van der Waals surface area contributed by atoms with E-state index >= 15 is 0 Å². The maximum Gasteiger partial charge on any atom is 0.408 e. The van der Waals surface area contributed by atoms with Gasteiger partial charge in [-0.05, 0) is 24.8 Å². The highest BCUT2D eigenvalue weighted by atomic mass is 16.5. The van der Waals surface area contributed by atoms with Crippen molar-refractivity contribution in [3.05, 3.63) is 35.9 Å². The number of amides is 2. The van der Waals surface area contributed by atoms with Crippen LogP contribution in [-0.4, -0.2) is 24.1 Å². The maximum atomic E-state index is 12.3. The van der Waals surface area contributed by atoms with Crippen molar-refractivity contribution in [2.75, 3.05) is 0 Å². The highest BCUT2D eigenvalue weighted by Gasteiger charge is 2.27. The standard InChI is InChI=1S/C18H28N2O3/c1-5-13(3)16(17(21)19-14(4)6-2)20-18(22)23-12-15-10-8-7-9-11-15/h7-11,13-14,16H,5-6,12H2,1-4H3,(H,19,21)(H,20,22)/t13-,14-,16+/m0/s1. The number of carbonyl (C=O) groups excluding carboxylic acids is 2. The topological polar surface area (TPSA) is 67.4 Å². The smallest absolute Gasteiger partial charge is 0.408 e. The van der Waals surface area contributed by atoms with Crippen LogP contribution < -0.4 is 10.6 Å². The van der Waals surface area contributed by atoms with Crippen LogP contribution in [-0.2, 0) is 16.1 Å². The molecule has 0 fully saturated rings. The molecule has 0 aliphatic heterocycles. The first-order chi connectivity index (χ1) is 11.0. The van der Waals surface area contributed by atoms with Crippen LogP contribution in [0.2, 0.25) is 0 Å². The van der Waals surface area contributed by atoms with E-state index in [0.29, 0.717) is 0 Å². The van der Waals surface area contributed by atoms with E-state index in [-0.39, 0.29) is 24.5 Å². The van der Waals surface area contributed by atoms with Gasteiger partial charge in [-0.15, -0.1) is 0 Å². The van der Waals surface area contributed by atoms with E-state index in [1.165, 1.54) is 0 Å². The van der Waals surface area contributed by atoms with Gasteiger partial charge in [0.1, 0.15) is 12.6 Å². The zero-order valence-corrected chi connectivity index (χ0v) is 14.5. The van der Waals surface area contributed by atoms with Crippen molar-refractivity contribution in [3.63, 3.8) is 0 Å². The van der Waals surface area contributed by atoms with Gasteiger partial charge in [-0.2, -0.15) is 0 Å². The van der Waals surface area contributed by atoms with E-state index in [2.05, 4.69) is 10.6 Å². The average Bonchev–Trinajstić information content (AvgIpc) is 2.57. The quantitative estimate of drug-likeness (QED) is 0.772. The molecular formula is C18H28N2O3. The van der Waals surface area contributed by atoms with Crippen molar-refractivity contribution in [1.82, 2.24) is 10.6 Å². The van der Waals surface area contributed by atoms with Crippen molar-refractivity contribution in [2.24, 2.45) is 5.92 Å². The van der Waals surface area contributed by atoms with Gasteiger partial charge in [0.05, 0.1) is 0 Å². The molecule has 2 N–H and O–H groups in total. The Bertz CT molecular complexity index is 490. The molecule has 0 bridgehead atoms. The predicted octanol–water partition coefficient (Wildman–Crippen LogP) is 3.24. The minimum absolute atomic E-state index is 0.0309. The fourth-order valence-electron chi connectivity index (χ4n) is 2.03. The fraction of sp³-hybridized carbons (Fsp3) is 0.556. The summed E-state index contributed by atoms with van der Waals surface area (Å²) >= 11 is 0. The van der Waals surface area contributed by atoms with Crippen molar-refractivity contribution in [3.8, 4) is 0 Å². The highest BCUT2D eigenvalue weighted by molar-refractivity contribution is 5.86. The van der Waals surface area contributed by atoms with Gasteiger partial charge in [-0.25, -0.2) is 4.79 Å². The lowest BCUT2D eigenvalue weighted by molar-refractivity contribution is -0.124. The number of benzene rings is 1. The minimum Gasteiger partial charge on any atom is -0.445 e. The summed E-state index contributed by atoms with van der Waals surface area (Å²) in [7, 11) is 0. The molecule has 3 atom stereocenters. The number of alkyl carbamates (subject to hydrolysis) is 1. The molecule has 1 rings (SSSR count). The van der Waals surface area contributed by atoms with E-state index < -0.39 is 12.1 Å². The van der Waals surface area contributed by atoms with E-state index in [0.717, 1.165) is 18.4 Å². The van der Waals surface area contributed by atoms with Crippen molar-refractivity contribution in [2.45, 2.75) is 59.2 Å². The summed E-state index contributed by atoms with van der Waals surface area (Å²) in [4.78, 5) is 24.3. The molecule has 5 heteroatoms. The summed E-state index contributed by atoms with van der Waals surface area (Å²) in [5, 5.41) is 5.61. The number of rotatable bonds is 8. The molecule has 0 aliphatic carbocycles. The van der Waals surface area contributed by atoms with Crippen LogP contribution in [0.25, 0.3) is 0 Å². The lowest BCUT2D eigenvalue weighted by atomic mass is 9.98. The molecule has 0 radical (unpaired) electrons. The molecule has 1 aromatic carbocycles. The SMILES string of the molecule is CC[C@H](C)NC(=O)[C@H](NC(=O)OCc1ccccc1)[C@@H](C)CC. The molecule has 1 aromatic rings. The Morgan fingerprint density at radius 1 is 1.04 bits per heavy atom. The maximum absolute atomic E-state index is 12.3. The first-order valence-electron chi connectivity index (χ1n) is 8.25. The molecule has 0 aromatic heterocycles. The van der Waals surface area contributed by atoms with E-state index in [1.807, 2.05) is 58.0 Å². The lowest BCUT2D eigenvalue weighted by Crippen LogP contribution is -2.52. The van der Waals surface area contributed by atoms with Gasteiger partial charge in [0.2, 0.25) is 5.91 Å². The molecule has 0 saturated heterocycles. The molecule has 128 valence electrons. The highest BCUT2D eigenvalue weighted by Crippen LogP contribution is 2.09. The van der Waals surface area contributed by atoms with Gasteiger partial charge in [0.15, 0.2) is 0 Å². The van der Waals surface area contributed by atoms with Crippen molar-refractivity contribution >= 4 is 12.0 Å². The van der Waals surface area contributed by atoms with Crippen LogP contribution in [0.1, 0.15) is 46.1 Å². The number of nitrogens with one attached hydrogen (secondary N) is 2. The Morgan fingerprint density at radius 2 is 1.70 bits per heavy atom. The number of carbonyl (C=O) groups is 2. The third-order valence-electron chi connectivity index (χ3n) is 3.98. The van der Waals surface area contributed by atoms with Gasteiger partial charge >= 0.3 is 6.09 Å². The Hall–Kier alpha value is -2.04. The van der Waals surface area contributed by atoms with E-state index in [4.69, 9.17) is 4.74 Å². The van der Waals surface area contributed by atoms with Crippen LogP contribution in [0.4, 0.5) is 4.79 Å². The van der Waals surface area contributed by atoms with Gasteiger partial charge in [0, 0.05) is 6.04 Å². The summed E-state index contributed by atoms with van der Waals surface area (Å²) in [5.41, 5.74) is 0.909. The third-order valence-corrected chi connectivity index (χ3v) is 3.98. The van der Waals surface area contributed by atoms with Crippen molar-refractivity contribution in [1.29, 1.82) is 0 Å². The minimum atomic E-state index is -0.586. The van der Waals surface area contributed by atoms with E-state index in [1.54, 1.807) is 0 Å². The van der Waals surface area contributed by atoms with E-state index in [9.17, 15) is 9.59 Å². The first kappa shape index (κ1) is 19.0. The normalized spacial score (nSPS) is 14.4. The summed E-state index contributed by atoms with van der Waals surface area (Å²) < 4.78 is 5.20. The summed E-state index contributed by atoms with van der Waals surface area (Å²) in [5.74, 6) is -0.131. The molecular weight excluding hydrogens is 292 g/mol. The number of hydrogen-bond acceptors (Lipinski definition) is 3. The summed E-state index contributed by atoms with van der Waals surface area (Å²) in [6.45, 7) is 8.07. The third kappa shape index (κ3) is 6.72. The van der Waals surface area contributed by atoms with Crippen LogP contribution >= 0.6 is 0 Å². The number of hydrogen-bond donors (Lipinski definition) is 2. The van der Waals surface area contributed by atoms with Gasteiger partial charge in [-0.1, -0.05) is 57.5 Å². The molecule has 0 saturated carbocycles. The predicted molar refractivity (Wildman–Crippen MR) is 90.9 cm³/mol. The van der Waals surface area contributed by atoms with Gasteiger partial charge in [0.25, 0.3) is 0 Å². The Labute approximate surface area is 138 Å². The molecule has 0 spiro atoms. The first-order valence-corrected chi connectivity index (χ1v) is 8.25. The van der Waals surface area contributed by atoms with Crippen LogP contribution in [0.5, 0.6) is 0 Å².